The monoisotopic (exact) mass is 559 g/mol. The Kier molecular flexibility index (Phi) is 8.98. The van der Waals surface area contributed by atoms with E-state index in [1.807, 2.05) is 37.4 Å². The van der Waals surface area contributed by atoms with E-state index in [1.165, 1.54) is 12.4 Å². The van der Waals surface area contributed by atoms with E-state index >= 15 is 0 Å². The molecular weight excluding hydrogens is 533 g/mol. The minimum atomic E-state index is -0.739. The summed E-state index contributed by atoms with van der Waals surface area (Å²) >= 11 is 11.1. The molecule has 0 aliphatic carbocycles. The number of hydrogen-bond donors (Lipinski definition) is 1. The van der Waals surface area contributed by atoms with Gasteiger partial charge in [0.15, 0.2) is 12.0 Å². The highest BCUT2D eigenvalue weighted by Crippen LogP contribution is 2.31. The second-order valence-corrected chi connectivity index (χ2v) is 9.67. The molecule has 1 amide bonds. The van der Waals surface area contributed by atoms with Gasteiger partial charge in [-0.25, -0.2) is 0 Å². The van der Waals surface area contributed by atoms with E-state index in [2.05, 4.69) is 14.9 Å². The number of aromatic nitrogens is 3. The number of carbonyl (C=O) groups excluding carboxylic acids is 2. The summed E-state index contributed by atoms with van der Waals surface area (Å²) in [6.07, 6.45) is 5.25. The molecule has 200 valence electrons. The molecule has 0 radical (unpaired) electrons. The summed E-state index contributed by atoms with van der Waals surface area (Å²) in [5.41, 5.74) is -0.406. The third-order valence-electron chi connectivity index (χ3n) is 6.47. The van der Waals surface area contributed by atoms with Crippen molar-refractivity contribution < 1.29 is 19.4 Å². The molecule has 0 bridgehead atoms. The first-order valence-electron chi connectivity index (χ1n) is 12.1. The summed E-state index contributed by atoms with van der Waals surface area (Å²) in [5.74, 6) is 0.387. The van der Waals surface area contributed by atoms with Gasteiger partial charge >= 0.3 is 5.56 Å². The minimum Gasteiger partial charge on any atom is -0.501 e. The number of aldehydes is 1. The number of para-hydroxylation sites is 1. The lowest BCUT2D eigenvalue weighted by Gasteiger charge is -2.33. The van der Waals surface area contributed by atoms with Crippen LogP contribution in [-0.4, -0.2) is 74.9 Å². The number of carbonyl (C=O) groups is 2. The number of aromatic hydroxyl groups is 1. The fourth-order valence-corrected chi connectivity index (χ4v) is 4.96. The third kappa shape index (κ3) is 5.98. The molecule has 1 saturated heterocycles. The van der Waals surface area contributed by atoms with Crippen molar-refractivity contribution in [1.82, 2.24) is 24.3 Å². The lowest BCUT2D eigenvalue weighted by molar-refractivity contribution is 0.0662. The zero-order chi connectivity index (χ0) is 27.2. The van der Waals surface area contributed by atoms with E-state index < -0.39 is 11.3 Å². The molecule has 12 heteroatoms. The first-order valence-corrected chi connectivity index (χ1v) is 12.8. The van der Waals surface area contributed by atoms with Crippen molar-refractivity contribution in [3.63, 3.8) is 0 Å². The van der Waals surface area contributed by atoms with Crippen LogP contribution in [0, 0.1) is 0 Å². The smallest absolute Gasteiger partial charge is 0.315 e. The summed E-state index contributed by atoms with van der Waals surface area (Å²) in [7, 11) is 1.99. The molecule has 0 saturated carbocycles. The largest absolute Gasteiger partial charge is 0.501 e. The van der Waals surface area contributed by atoms with Gasteiger partial charge in [-0.2, -0.15) is 4.98 Å². The molecule has 1 aromatic carbocycles. The van der Waals surface area contributed by atoms with E-state index in [4.69, 9.17) is 27.9 Å². The van der Waals surface area contributed by atoms with Crippen molar-refractivity contribution in [1.29, 1.82) is 0 Å². The lowest BCUT2D eigenvalue weighted by atomic mass is 10.1. The SMILES string of the molecule is CN1CCCC1c1nc(=O)c(O)c2n1CCN(CCOc1ccccc1)C2=O.O=Cc1c(Cl)cncc1Cl. The number of ether oxygens (including phenoxy) is 1. The molecule has 1 fully saturated rings. The van der Waals surface area contributed by atoms with E-state index in [-0.39, 0.29) is 27.7 Å². The molecule has 10 nitrogen and oxygen atoms in total. The second-order valence-electron chi connectivity index (χ2n) is 8.85. The van der Waals surface area contributed by atoms with Crippen LogP contribution in [0.25, 0.3) is 0 Å². The van der Waals surface area contributed by atoms with Crippen LogP contribution in [0.5, 0.6) is 11.5 Å². The van der Waals surface area contributed by atoms with Gasteiger partial charge < -0.3 is 19.3 Å². The highest BCUT2D eigenvalue weighted by molar-refractivity contribution is 6.38. The van der Waals surface area contributed by atoms with E-state index in [1.54, 1.807) is 9.47 Å². The first kappa shape index (κ1) is 27.6. The maximum absolute atomic E-state index is 13.0. The Balaban J connectivity index is 0.000000283. The van der Waals surface area contributed by atoms with Gasteiger partial charge in [0.25, 0.3) is 5.91 Å². The first-order chi connectivity index (χ1) is 18.3. The predicted octanol–water partition coefficient (Wildman–Crippen LogP) is 3.45. The fraction of sp³-hybridized carbons (Fsp3) is 0.346. The van der Waals surface area contributed by atoms with Gasteiger partial charge in [0.05, 0.1) is 28.2 Å². The molecule has 38 heavy (non-hydrogen) atoms. The van der Waals surface area contributed by atoms with Crippen molar-refractivity contribution in [2.24, 2.45) is 0 Å². The van der Waals surface area contributed by atoms with Crippen LogP contribution in [0.3, 0.4) is 0 Å². The van der Waals surface area contributed by atoms with E-state index in [0.717, 1.165) is 25.1 Å². The van der Waals surface area contributed by atoms with Crippen LogP contribution in [-0.2, 0) is 6.54 Å². The van der Waals surface area contributed by atoms with Gasteiger partial charge in [0.1, 0.15) is 18.2 Å². The topological polar surface area (TPSA) is 118 Å². The predicted molar refractivity (Wildman–Crippen MR) is 142 cm³/mol. The van der Waals surface area contributed by atoms with Crippen LogP contribution in [0.1, 0.15) is 45.6 Å². The molecule has 2 aromatic heterocycles. The van der Waals surface area contributed by atoms with Crippen molar-refractivity contribution >= 4 is 35.4 Å². The van der Waals surface area contributed by atoms with Crippen LogP contribution in [0.4, 0.5) is 0 Å². The molecule has 0 spiro atoms. The quantitative estimate of drug-likeness (QED) is 0.456. The van der Waals surface area contributed by atoms with E-state index in [0.29, 0.717) is 43.9 Å². The van der Waals surface area contributed by atoms with Crippen LogP contribution in [0.2, 0.25) is 10.0 Å². The van der Waals surface area contributed by atoms with Gasteiger partial charge in [0.2, 0.25) is 5.75 Å². The number of nitrogens with zero attached hydrogens (tertiary/aromatic N) is 5. The zero-order valence-electron chi connectivity index (χ0n) is 20.7. The molecule has 3 aromatic rings. The van der Waals surface area contributed by atoms with Crippen LogP contribution >= 0.6 is 23.2 Å². The Morgan fingerprint density at radius 2 is 1.82 bits per heavy atom. The maximum Gasteiger partial charge on any atom is 0.315 e. The molecular formula is C26H27Cl2N5O5. The number of benzene rings is 1. The van der Waals surface area contributed by atoms with Crippen molar-refractivity contribution in [3.05, 3.63) is 80.2 Å². The van der Waals surface area contributed by atoms with Gasteiger partial charge in [-0.05, 0) is 38.6 Å². The molecule has 5 rings (SSSR count). The minimum absolute atomic E-state index is 0.00665. The van der Waals surface area contributed by atoms with Crippen molar-refractivity contribution in [2.45, 2.75) is 25.4 Å². The third-order valence-corrected chi connectivity index (χ3v) is 7.07. The molecule has 1 atom stereocenters. The Morgan fingerprint density at radius 3 is 2.42 bits per heavy atom. The highest BCUT2D eigenvalue weighted by atomic mass is 35.5. The number of pyridine rings is 1. The summed E-state index contributed by atoms with van der Waals surface area (Å²) in [4.78, 5) is 47.0. The number of rotatable bonds is 6. The Bertz CT molecular complexity index is 1350. The molecule has 1 N–H and O–H groups in total. The van der Waals surface area contributed by atoms with Gasteiger partial charge in [0, 0.05) is 25.5 Å². The molecule has 4 heterocycles. The summed E-state index contributed by atoms with van der Waals surface area (Å²) in [6.45, 7) is 2.62. The number of hydrogen-bond acceptors (Lipinski definition) is 8. The lowest BCUT2D eigenvalue weighted by Crippen LogP contribution is -2.45. The Morgan fingerprint density at radius 1 is 1.11 bits per heavy atom. The average Bonchev–Trinajstić information content (AvgIpc) is 3.34. The van der Waals surface area contributed by atoms with Crippen LogP contribution in [0.15, 0.2) is 47.5 Å². The normalized spacial score (nSPS) is 17.0. The standard InChI is InChI=1S/C20H24N4O4.C6H3Cl2NO/c1-22-9-5-8-15(22)18-21-19(26)17(25)16-20(27)23(10-11-24(16)18)12-13-28-14-6-3-2-4-7-14;7-5-1-9-2-6(8)4(5)3-10/h2-4,6-7,15,25H,5,8-13H2,1H3;1-3H. The number of halogens is 2. The van der Waals surface area contributed by atoms with Gasteiger partial charge in [-0.3, -0.25) is 24.3 Å². The Hall–Kier alpha value is -3.47. The molecule has 2 aliphatic heterocycles. The molecule has 2 aliphatic rings. The summed E-state index contributed by atoms with van der Waals surface area (Å²) < 4.78 is 7.40. The van der Waals surface area contributed by atoms with E-state index in [9.17, 15) is 19.5 Å². The highest BCUT2D eigenvalue weighted by Gasteiger charge is 2.35. The zero-order valence-corrected chi connectivity index (χ0v) is 22.2. The number of amides is 1. The average molecular weight is 560 g/mol. The van der Waals surface area contributed by atoms with Gasteiger partial charge in [-0.15, -0.1) is 0 Å². The van der Waals surface area contributed by atoms with Crippen molar-refractivity contribution in [2.75, 3.05) is 33.3 Å². The molecule has 1 unspecified atom stereocenters. The summed E-state index contributed by atoms with van der Waals surface area (Å²) in [6, 6.07) is 9.38. The fourth-order valence-electron chi connectivity index (χ4n) is 4.50. The van der Waals surface area contributed by atoms with Crippen molar-refractivity contribution in [3.8, 4) is 11.5 Å². The number of fused-ring (bicyclic) bond motifs is 1. The second kappa shape index (κ2) is 12.4. The van der Waals surface area contributed by atoms with Gasteiger partial charge in [-0.1, -0.05) is 41.4 Å². The maximum atomic E-state index is 13.0. The number of likely N-dealkylation sites (tertiary alicyclic amines) is 1. The summed E-state index contributed by atoms with van der Waals surface area (Å²) in [5, 5.41) is 10.8. The Labute approximate surface area is 229 Å². The van der Waals surface area contributed by atoms with Crippen LogP contribution < -0.4 is 10.3 Å².